The molecule has 0 spiro atoms. The summed E-state index contributed by atoms with van der Waals surface area (Å²) in [5.74, 6) is 0. The van der Waals surface area contributed by atoms with Gasteiger partial charge in [-0.2, -0.15) is 0 Å². The van der Waals surface area contributed by atoms with Gasteiger partial charge < -0.3 is 0 Å². The van der Waals surface area contributed by atoms with Crippen molar-refractivity contribution in [2.24, 2.45) is 0 Å². The van der Waals surface area contributed by atoms with Crippen molar-refractivity contribution in [2.75, 3.05) is 0 Å². The Kier molecular flexibility index (Phi) is 4.24. The molecular weight excluding hydrogens is 194 g/mol. The Balaban J connectivity index is 2.93. The average molecular weight is 213 g/mol. The van der Waals surface area contributed by atoms with Crippen molar-refractivity contribution in [3.05, 3.63) is 59.0 Å². The second-order valence-electron chi connectivity index (χ2n) is 4.12. The van der Waals surface area contributed by atoms with Crippen molar-refractivity contribution in [3.8, 4) is 0 Å². The molecule has 0 N–H and O–H groups in total. The Morgan fingerprint density at radius 1 is 1.31 bits per heavy atom. The van der Waals surface area contributed by atoms with E-state index in [1.165, 1.54) is 16.7 Å². The number of allylic oxidation sites excluding steroid dienone is 4. The third-order valence-electron chi connectivity index (χ3n) is 2.69. The van der Waals surface area contributed by atoms with Gasteiger partial charge >= 0.3 is 0 Å². The molecule has 0 radical (unpaired) electrons. The third kappa shape index (κ3) is 3.20. The van der Waals surface area contributed by atoms with Crippen LogP contribution in [0.15, 0.2) is 42.1 Å². The summed E-state index contributed by atoms with van der Waals surface area (Å²) in [6.07, 6.45) is 8.08. The molecule has 0 aliphatic heterocycles. The second-order valence-corrected chi connectivity index (χ2v) is 4.12. The van der Waals surface area contributed by atoms with E-state index in [4.69, 9.17) is 0 Å². The first-order chi connectivity index (χ1) is 7.52. The monoisotopic (exact) mass is 213 g/mol. The highest BCUT2D eigenvalue weighted by molar-refractivity contribution is 5.57. The maximum atomic E-state index is 4.28. The number of aryl methyl sites for hydroxylation is 2. The molecule has 84 valence electrons. The van der Waals surface area contributed by atoms with E-state index in [0.717, 1.165) is 11.3 Å². The normalized spacial score (nSPS) is 12.1. The Bertz CT molecular complexity index is 430. The molecule has 0 aliphatic rings. The summed E-state index contributed by atoms with van der Waals surface area (Å²) < 4.78 is 0. The fourth-order valence-corrected chi connectivity index (χ4v) is 1.39. The molecule has 0 saturated carbocycles. The first-order valence-corrected chi connectivity index (χ1v) is 5.45. The number of aromatic nitrogens is 1. The molecule has 1 heterocycles. The summed E-state index contributed by atoms with van der Waals surface area (Å²) in [6.45, 7) is 12.1. The van der Waals surface area contributed by atoms with Crippen LogP contribution in [0.25, 0.3) is 6.08 Å². The Morgan fingerprint density at radius 2 is 2.00 bits per heavy atom. The summed E-state index contributed by atoms with van der Waals surface area (Å²) in [5, 5.41) is 0. The number of hydrogen-bond acceptors (Lipinski definition) is 1. The van der Waals surface area contributed by atoms with E-state index in [-0.39, 0.29) is 0 Å². The minimum absolute atomic E-state index is 1.07. The van der Waals surface area contributed by atoms with Gasteiger partial charge in [-0.3, -0.25) is 4.98 Å². The van der Waals surface area contributed by atoms with Crippen molar-refractivity contribution in [1.82, 2.24) is 4.98 Å². The smallest absolute Gasteiger partial charge is 0.0447 e. The molecule has 1 aromatic heterocycles. The zero-order chi connectivity index (χ0) is 12.1. The lowest BCUT2D eigenvalue weighted by Crippen LogP contribution is -1.89. The first kappa shape index (κ1) is 12.4. The minimum Gasteiger partial charge on any atom is -0.261 e. The molecule has 0 atom stereocenters. The first-order valence-electron chi connectivity index (χ1n) is 5.45. The van der Waals surface area contributed by atoms with Crippen molar-refractivity contribution < 1.29 is 0 Å². The molecular formula is C15H19N. The van der Waals surface area contributed by atoms with Gasteiger partial charge in [-0.25, -0.2) is 0 Å². The SMILES string of the molecule is C=C(C)C(C)=CC=Cc1c(C)ccnc1C. The zero-order valence-electron chi connectivity index (χ0n) is 10.5. The topological polar surface area (TPSA) is 12.9 Å². The summed E-state index contributed by atoms with van der Waals surface area (Å²) in [7, 11) is 0. The summed E-state index contributed by atoms with van der Waals surface area (Å²) in [6, 6.07) is 2.03. The predicted molar refractivity (Wildman–Crippen MR) is 71.3 cm³/mol. The molecule has 1 nitrogen and oxygen atoms in total. The van der Waals surface area contributed by atoms with Gasteiger partial charge in [-0.1, -0.05) is 30.4 Å². The van der Waals surface area contributed by atoms with Crippen LogP contribution in [0, 0.1) is 13.8 Å². The summed E-state index contributed by atoms with van der Waals surface area (Å²) >= 11 is 0. The Hall–Kier alpha value is -1.63. The third-order valence-corrected chi connectivity index (χ3v) is 2.69. The molecule has 0 bridgehead atoms. The molecule has 0 aromatic carbocycles. The largest absolute Gasteiger partial charge is 0.261 e. The maximum absolute atomic E-state index is 4.28. The van der Waals surface area contributed by atoms with Crippen LogP contribution in [0.3, 0.4) is 0 Å². The second kappa shape index (κ2) is 5.45. The fraction of sp³-hybridized carbons (Fsp3) is 0.267. The lowest BCUT2D eigenvalue weighted by Gasteiger charge is -2.02. The standard InChI is InChI=1S/C15H19N/c1-11(2)12(3)7-6-8-15-13(4)9-10-16-14(15)5/h6-10H,1H2,2-5H3. The predicted octanol–water partition coefficient (Wildman–Crippen LogP) is 4.23. The van der Waals surface area contributed by atoms with E-state index < -0.39 is 0 Å². The summed E-state index contributed by atoms with van der Waals surface area (Å²) in [4.78, 5) is 4.28. The van der Waals surface area contributed by atoms with E-state index >= 15 is 0 Å². The number of hydrogen-bond donors (Lipinski definition) is 0. The zero-order valence-corrected chi connectivity index (χ0v) is 10.5. The van der Waals surface area contributed by atoms with Gasteiger partial charge in [0.2, 0.25) is 0 Å². The van der Waals surface area contributed by atoms with Gasteiger partial charge in [0.15, 0.2) is 0 Å². The molecule has 1 aromatic rings. The van der Waals surface area contributed by atoms with Crippen LogP contribution < -0.4 is 0 Å². The molecule has 1 rings (SSSR count). The van der Waals surface area contributed by atoms with Crippen LogP contribution in [0.4, 0.5) is 0 Å². The van der Waals surface area contributed by atoms with Gasteiger partial charge in [0.25, 0.3) is 0 Å². The number of pyridine rings is 1. The van der Waals surface area contributed by atoms with Crippen LogP contribution in [-0.2, 0) is 0 Å². The van der Waals surface area contributed by atoms with Crippen LogP contribution in [0.5, 0.6) is 0 Å². The highest BCUT2D eigenvalue weighted by atomic mass is 14.7. The minimum atomic E-state index is 1.07. The molecule has 0 aliphatic carbocycles. The number of nitrogens with zero attached hydrogens (tertiary/aromatic N) is 1. The molecule has 16 heavy (non-hydrogen) atoms. The number of rotatable bonds is 3. The lowest BCUT2D eigenvalue weighted by molar-refractivity contribution is 1.16. The maximum Gasteiger partial charge on any atom is 0.0447 e. The molecule has 0 unspecified atom stereocenters. The van der Waals surface area contributed by atoms with Crippen molar-refractivity contribution in [3.63, 3.8) is 0 Å². The van der Waals surface area contributed by atoms with Gasteiger partial charge in [0, 0.05) is 11.9 Å². The van der Waals surface area contributed by atoms with Gasteiger partial charge in [-0.15, -0.1) is 0 Å². The Morgan fingerprint density at radius 3 is 2.56 bits per heavy atom. The van der Waals surface area contributed by atoms with Crippen LogP contribution in [0.2, 0.25) is 0 Å². The highest BCUT2D eigenvalue weighted by Gasteiger charge is 1.97. The van der Waals surface area contributed by atoms with E-state index in [2.05, 4.69) is 43.6 Å². The van der Waals surface area contributed by atoms with Crippen LogP contribution in [0.1, 0.15) is 30.7 Å². The lowest BCUT2D eigenvalue weighted by atomic mass is 10.1. The van der Waals surface area contributed by atoms with Crippen LogP contribution in [-0.4, -0.2) is 4.98 Å². The fourth-order valence-electron chi connectivity index (χ4n) is 1.39. The molecule has 0 fully saturated rings. The Labute approximate surface area is 98.2 Å². The van der Waals surface area contributed by atoms with Gasteiger partial charge in [-0.05, 0) is 50.5 Å². The quantitative estimate of drug-likeness (QED) is 0.684. The van der Waals surface area contributed by atoms with E-state index in [0.29, 0.717) is 0 Å². The molecule has 0 saturated heterocycles. The van der Waals surface area contributed by atoms with E-state index in [1.807, 2.05) is 26.1 Å². The van der Waals surface area contributed by atoms with Gasteiger partial charge in [0.1, 0.15) is 0 Å². The van der Waals surface area contributed by atoms with E-state index in [1.54, 1.807) is 0 Å². The molecule has 1 heteroatoms. The summed E-state index contributed by atoms with van der Waals surface area (Å²) in [5.41, 5.74) is 5.83. The van der Waals surface area contributed by atoms with Crippen molar-refractivity contribution in [2.45, 2.75) is 27.7 Å². The van der Waals surface area contributed by atoms with Crippen molar-refractivity contribution in [1.29, 1.82) is 0 Å². The molecule has 0 amide bonds. The van der Waals surface area contributed by atoms with Crippen molar-refractivity contribution >= 4 is 6.08 Å². The van der Waals surface area contributed by atoms with Crippen LogP contribution >= 0.6 is 0 Å². The average Bonchev–Trinajstić information content (AvgIpc) is 2.22. The van der Waals surface area contributed by atoms with E-state index in [9.17, 15) is 0 Å². The highest BCUT2D eigenvalue weighted by Crippen LogP contribution is 2.13. The van der Waals surface area contributed by atoms with Gasteiger partial charge in [0.05, 0.1) is 0 Å².